The van der Waals surface area contributed by atoms with E-state index in [4.69, 9.17) is 5.11 Å². The van der Waals surface area contributed by atoms with Crippen LogP contribution in [0.25, 0.3) is 11.3 Å². The molecule has 0 fully saturated rings. The van der Waals surface area contributed by atoms with E-state index >= 15 is 0 Å². The minimum atomic E-state index is -4.53. The van der Waals surface area contributed by atoms with E-state index in [9.17, 15) is 23.2 Å². The topological polar surface area (TPSA) is 64.2 Å². The number of pyridine rings is 1. The van der Waals surface area contributed by atoms with Gasteiger partial charge in [-0.25, -0.2) is 4.79 Å². The zero-order valence-electron chi connectivity index (χ0n) is 9.89. The van der Waals surface area contributed by atoms with Crippen LogP contribution < -0.4 is 4.73 Å². The molecule has 1 heterocycles. The van der Waals surface area contributed by atoms with E-state index in [0.29, 0.717) is 0 Å². The Morgan fingerprint density at radius 2 is 1.80 bits per heavy atom. The Labute approximate surface area is 111 Å². The van der Waals surface area contributed by atoms with E-state index in [0.717, 1.165) is 24.3 Å². The molecule has 0 aliphatic carbocycles. The number of carboxylic acid groups (broad SMARTS) is 1. The van der Waals surface area contributed by atoms with Crippen molar-refractivity contribution in [3.05, 3.63) is 58.9 Å². The summed E-state index contributed by atoms with van der Waals surface area (Å²) in [5.74, 6) is -1.45. The first-order valence-electron chi connectivity index (χ1n) is 5.44. The summed E-state index contributed by atoms with van der Waals surface area (Å²) >= 11 is 0. The smallest absolute Gasteiger partial charge is 0.416 e. The van der Waals surface area contributed by atoms with Gasteiger partial charge in [-0.3, -0.25) is 0 Å². The molecule has 0 saturated heterocycles. The summed E-state index contributed by atoms with van der Waals surface area (Å²) in [7, 11) is 0. The number of hydrogen-bond donors (Lipinski definition) is 1. The first kappa shape index (κ1) is 13.9. The van der Waals surface area contributed by atoms with Crippen molar-refractivity contribution in [1.82, 2.24) is 0 Å². The summed E-state index contributed by atoms with van der Waals surface area (Å²) in [6.07, 6.45) is -4.53. The fourth-order valence-electron chi connectivity index (χ4n) is 1.72. The summed E-state index contributed by atoms with van der Waals surface area (Å²) in [5.41, 5.74) is -1.62. The number of alkyl halides is 3. The maximum atomic E-state index is 12.6. The highest BCUT2D eigenvalue weighted by atomic mass is 19.4. The van der Waals surface area contributed by atoms with Gasteiger partial charge < -0.3 is 10.3 Å². The molecule has 0 radical (unpaired) electrons. The molecule has 2 aromatic rings. The molecule has 4 nitrogen and oxygen atoms in total. The van der Waals surface area contributed by atoms with Crippen LogP contribution >= 0.6 is 0 Å². The molecule has 1 N–H and O–H groups in total. The molecule has 7 heteroatoms. The minimum Gasteiger partial charge on any atom is -0.618 e. The van der Waals surface area contributed by atoms with Gasteiger partial charge in [0.1, 0.15) is 0 Å². The Morgan fingerprint density at radius 3 is 2.40 bits per heavy atom. The molecule has 0 bridgehead atoms. The zero-order chi connectivity index (χ0) is 14.9. The van der Waals surface area contributed by atoms with Gasteiger partial charge in [-0.15, -0.1) is 0 Å². The van der Waals surface area contributed by atoms with Crippen molar-refractivity contribution >= 4 is 5.97 Å². The van der Waals surface area contributed by atoms with Crippen molar-refractivity contribution < 1.29 is 27.8 Å². The monoisotopic (exact) mass is 283 g/mol. The van der Waals surface area contributed by atoms with Crippen molar-refractivity contribution in [3.8, 4) is 11.3 Å². The first-order valence-corrected chi connectivity index (χ1v) is 5.44. The number of aromatic carboxylic acids is 1. The lowest BCUT2D eigenvalue weighted by Crippen LogP contribution is -2.36. The van der Waals surface area contributed by atoms with Crippen LogP contribution in [0.2, 0.25) is 0 Å². The molecule has 0 aliphatic rings. The predicted octanol–water partition coefficient (Wildman–Crippen LogP) is 2.70. The molecule has 2 rings (SSSR count). The predicted molar refractivity (Wildman–Crippen MR) is 62.8 cm³/mol. The van der Waals surface area contributed by atoms with Crippen LogP contribution in [0.3, 0.4) is 0 Å². The standard InChI is InChI=1S/C13H8F3NO3/c14-13(15,16)9-4-1-3-8(7-9)10-5-2-6-11(12(18)19)17(10)20/h1-7H,(H,18,19). The molecule has 0 aliphatic heterocycles. The third-order valence-electron chi connectivity index (χ3n) is 2.65. The fraction of sp³-hybridized carbons (Fsp3) is 0.0769. The third-order valence-corrected chi connectivity index (χ3v) is 2.65. The van der Waals surface area contributed by atoms with Crippen molar-refractivity contribution in [2.75, 3.05) is 0 Å². The minimum absolute atomic E-state index is 0.00192. The van der Waals surface area contributed by atoms with E-state index in [1.165, 1.54) is 18.2 Å². The van der Waals surface area contributed by atoms with Gasteiger partial charge in [0.15, 0.2) is 0 Å². The fourth-order valence-corrected chi connectivity index (χ4v) is 1.72. The van der Waals surface area contributed by atoms with Crippen molar-refractivity contribution in [2.45, 2.75) is 6.18 Å². The maximum Gasteiger partial charge on any atom is 0.416 e. The van der Waals surface area contributed by atoms with Gasteiger partial charge >= 0.3 is 17.8 Å². The molecule has 0 atom stereocenters. The SMILES string of the molecule is O=C(O)c1cccc(-c2cccc(C(F)(F)F)c2)[n+]1[O-]. The maximum absolute atomic E-state index is 12.6. The molecule has 0 spiro atoms. The van der Waals surface area contributed by atoms with Crippen molar-refractivity contribution in [3.63, 3.8) is 0 Å². The van der Waals surface area contributed by atoms with Crippen molar-refractivity contribution in [2.24, 2.45) is 0 Å². The average molecular weight is 283 g/mol. The summed E-state index contributed by atoms with van der Waals surface area (Å²) in [6.45, 7) is 0. The molecule has 1 aromatic heterocycles. The molecule has 0 amide bonds. The van der Waals surface area contributed by atoms with E-state index < -0.39 is 23.4 Å². The summed E-state index contributed by atoms with van der Waals surface area (Å²) in [6, 6.07) is 7.78. The van der Waals surface area contributed by atoms with Crippen LogP contribution in [0.1, 0.15) is 16.1 Å². The Hall–Kier alpha value is -2.57. The van der Waals surface area contributed by atoms with Crippen molar-refractivity contribution in [1.29, 1.82) is 0 Å². The van der Waals surface area contributed by atoms with Crippen LogP contribution in [0.5, 0.6) is 0 Å². The Morgan fingerprint density at radius 1 is 1.15 bits per heavy atom. The lowest BCUT2D eigenvalue weighted by atomic mass is 10.1. The first-order chi connectivity index (χ1) is 9.30. The Bertz CT molecular complexity index is 668. The van der Waals surface area contributed by atoms with Crippen LogP contribution in [-0.4, -0.2) is 11.1 Å². The second kappa shape index (κ2) is 4.84. The number of carboxylic acids is 1. The van der Waals surface area contributed by atoms with E-state index in [2.05, 4.69) is 0 Å². The molecular formula is C13H8F3NO3. The van der Waals surface area contributed by atoms with E-state index in [-0.39, 0.29) is 16.0 Å². The number of benzene rings is 1. The molecule has 104 valence electrons. The van der Waals surface area contributed by atoms with Crippen LogP contribution in [0.4, 0.5) is 13.2 Å². The van der Waals surface area contributed by atoms with Crippen LogP contribution in [-0.2, 0) is 6.18 Å². The number of nitrogens with zero attached hydrogens (tertiary/aromatic N) is 1. The third kappa shape index (κ3) is 2.56. The Balaban J connectivity index is 2.58. The highest BCUT2D eigenvalue weighted by molar-refractivity contribution is 5.84. The number of carbonyl (C=O) groups is 1. The highest BCUT2D eigenvalue weighted by Crippen LogP contribution is 2.31. The highest BCUT2D eigenvalue weighted by Gasteiger charge is 2.31. The number of halogens is 3. The summed E-state index contributed by atoms with van der Waals surface area (Å²) < 4.78 is 37.9. The second-order valence-corrected chi connectivity index (χ2v) is 3.97. The largest absolute Gasteiger partial charge is 0.618 e. The average Bonchev–Trinajstić information content (AvgIpc) is 2.38. The lowest BCUT2D eigenvalue weighted by molar-refractivity contribution is -0.596. The van der Waals surface area contributed by atoms with Crippen LogP contribution in [0, 0.1) is 5.21 Å². The van der Waals surface area contributed by atoms with Gasteiger partial charge in [0.05, 0.1) is 5.56 Å². The second-order valence-electron chi connectivity index (χ2n) is 3.97. The van der Waals surface area contributed by atoms with Gasteiger partial charge in [-0.2, -0.15) is 17.9 Å². The van der Waals surface area contributed by atoms with Gasteiger partial charge in [-0.1, -0.05) is 6.07 Å². The van der Waals surface area contributed by atoms with Crippen LogP contribution in [0.15, 0.2) is 42.5 Å². The van der Waals surface area contributed by atoms with E-state index in [1.807, 2.05) is 0 Å². The normalized spacial score (nSPS) is 11.3. The number of aromatic nitrogens is 1. The van der Waals surface area contributed by atoms with Gasteiger partial charge in [-0.05, 0) is 24.3 Å². The van der Waals surface area contributed by atoms with Gasteiger partial charge in [0, 0.05) is 17.7 Å². The number of hydrogen-bond acceptors (Lipinski definition) is 2. The Kier molecular flexibility index (Phi) is 3.35. The quantitative estimate of drug-likeness (QED) is 0.680. The molecule has 20 heavy (non-hydrogen) atoms. The lowest BCUT2D eigenvalue weighted by Gasteiger charge is -2.10. The summed E-state index contributed by atoms with van der Waals surface area (Å²) in [4.78, 5) is 10.8. The van der Waals surface area contributed by atoms with Gasteiger partial charge in [0.2, 0.25) is 5.69 Å². The molecular weight excluding hydrogens is 275 g/mol. The molecule has 0 unspecified atom stereocenters. The summed E-state index contributed by atoms with van der Waals surface area (Å²) in [5, 5.41) is 20.6. The van der Waals surface area contributed by atoms with Gasteiger partial charge in [0.25, 0.3) is 0 Å². The molecule has 1 aromatic carbocycles. The zero-order valence-corrected chi connectivity index (χ0v) is 9.89. The molecule has 0 saturated carbocycles. The number of rotatable bonds is 2. The van der Waals surface area contributed by atoms with E-state index in [1.54, 1.807) is 0 Å².